The highest BCUT2D eigenvalue weighted by Crippen LogP contribution is 2.18. The monoisotopic (exact) mass is 375 g/mol. The third kappa shape index (κ3) is 3.55. The molecule has 3 rings (SSSR count). The highest BCUT2D eigenvalue weighted by Gasteiger charge is 2.29. The molecule has 0 radical (unpaired) electrons. The summed E-state index contributed by atoms with van der Waals surface area (Å²) in [6.07, 6.45) is 4.25. The fourth-order valence-electron chi connectivity index (χ4n) is 2.32. The minimum atomic E-state index is -0.826. The second kappa shape index (κ2) is 6.74. The Labute approximate surface area is 136 Å². The fraction of sp³-hybridized carbons (Fsp3) is 0.385. The molecule has 0 amide bonds. The molecule has 21 heavy (non-hydrogen) atoms. The molecule has 2 aromatic rings. The predicted molar refractivity (Wildman–Crippen MR) is 82.8 cm³/mol. The van der Waals surface area contributed by atoms with Crippen LogP contribution in [-0.4, -0.2) is 39.2 Å². The Morgan fingerprint density at radius 3 is 3.10 bits per heavy atom. The molecular formula is C13H15BrClN3O3. The molecule has 1 fully saturated rings. The van der Waals surface area contributed by atoms with Gasteiger partial charge in [-0.15, -0.1) is 12.4 Å². The summed E-state index contributed by atoms with van der Waals surface area (Å²) in [5.41, 5.74) is 1.68. The van der Waals surface area contributed by atoms with Crippen LogP contribution in [0, 0.1) is 0 Å². The SMILES string of the molecule is Cl.O=C(O)[C@@H]1C[C@@H](OCc2cn3cccc(Br)c3n2)CN1. The van der Waals surface area contributed by atoms with Gasteiger partial charge in [-0.05, 0) is 28.1 Å². The highest BCUT2D eigenvalue weighted by atomic mass is 79.9. The summed E-state index contributed by atoms with van der Waals surface area (Å²) >= 11 is 3.45. The van der Waals surface area contributed by atoms with Crippen LogP contribution in [0.1, 0.15) is 12.1 Å². The quantitative estimate of drug-likeness (QED) is 0.852. The van der Waals surface area contributed by atoms with Crippen LogP contribution in [0.4, 0.5) is 0 Å². The number of aromatic nitrogens is 2. The number of halogens is 2. The molecule has 2 atom stereocenters. The zero-order valence-corrected chi connectivity index (χ0v) is 13.4. The number of rotatable bonds is 4. The lowest BCUT2D eigenvalue weighted by Crippen LogP contribution is -2.29. The van der Waals surface area contributed by atoms with Crippen molar-refractivity contribution >= 4 is 40.0 Å². The van der Waals surface area contributed by atoms with Crippen LogP contribution in [0.25, 0.3) is 5.65 Å². The molecule has 2 N–H and O–H groups in total. The van der Waals surface area contributed by atoms with Gasteiger partial charge in [0.15, 0.2) is 5.65 Å². The molecule has 1 aliphatic rings. The van der Waals surface area contributed by atoms with E-state index in [1.807, 2.05) is 28.9 Å². The molecule has 0 bridgehead atoms. The van der Waals surface area contributed by atoms with Gasteiger partial charge in [0.1, 0.15) is 6.04 Å². The van der Waals surface area contributed by atoms with Crippen LogP contribution in [0.2, 0.25) is 0 Å². The number of pyridine rings is 1. The molecule has 0 aliphatic carbocycles. The van der Waals surface area contributed by atoms with Gasteiger partial charge in [-0.3, -0.25) is 4.79 Å². The van der Waals surface area contributed by atoms with Gasteiger partial charge in [-0.25, -0.2) is 4.98 Å². The first kappa shape index (κ1) is 16.2. The Morgan fingerprint density at radius 1 is 1.62 bits per heavy atom. The van der Waals surface area contributed by atoms with Crippen LogP contribution < -0.4 is 5.32 Å². The van der Waals surface area contributed by atoms with Crippen molar-refractivity contribution in [3.05, 3.63) is 34.7 Å². The van der Waals surface area contributed by atoms with Gasteiger partial charge in [0, 0.05) is 25.4 Å². The zero-order chi connectivity index (χ0) is 14.1. The zero-order valence-electron chi connectivity index (χ0n) is 11.0. The van der Waals surface area contributed by atoms with Gasteiger partial charge in [0.05, 0.1) is 22.9 Å². The second-order valence-corrected chi connectivity index (χ2v) is 5.64. The maximum absolute atomic E-state index is 10.8. The van der Waals surface area contributed by atoms with Crippen LogP contribution in [-0.2, 0) is 16.1 Å². The largest absolute Gasteiger partial charge is 0.480 e. The Hall–Kier alpha value is -1.15. The summed E-state index contributed by atoms with van der Waals surface area (Å²) in [7, 11) is 0. The molecule has 8 heteroatoms. The van der Waals surface area contributed by atoms with Crippen LogP contribution in [0.15, 0.2) is 29.0 Å². The Morgan fingerprint density at radius 2 is 2.43 bits per heavy atom. The van der Waals surface area contributed by atoms with Crippen LogP contribution in [0.5, 0.6) is 0 Å². The van der Waals surface area contributed by atoms with E-state index in [1.54, 1.807) is 0 Å². The summed E-state index contributed by atoms with van der Waals surface area (Å²) in [6.45, 7) is 0.945. The second-order valence-electron chi connectivity index (χ2n) is 4.79. The van der Waals surface area contributed by atoms with E-state index in [9.17, 15) is 4.79 Å². The number of carboxylic acid groups (broad SMARTS) is 1. The van der Waals surface area contributed by atoms with E-state index in [0.717, 1.165) is 15.8 Å². The van der Waals surface area contributed by atoms with Gasteiger partial charge in [-0.1, -0.05) is 0 Å². The van der Waals surface area contributed by atoms with Crippen molar-refractivity contribution in [3.63, 3.8) is 0 Å². The normalized spacial score (nSPS) is 21.4. The van der Waals surface area contributed by atoms with Gasteiger partial charge < -0.3 is 19.6 Å². The van der Waals surface area contributed by atoms with E-state index in [4.69, 9.17) is 9.84 Å². The molecule has 0 saturated carbocycles. The van der Waals surface area contributed by atoms with Crippen molar-refractivity contribution in [3.8, 4) is 0 Å². The molecule has 0 aromatic carbocycles. The predicted octanol–water partition coefficient (Wildman–Crippen LogP) is 1.85. The molecule has 0 unspecified atom stereocenters. The highest BCUT2D eigenvalue weighted by molar-refractivity contribution is 9.10. The Kier molecular flexibility index (Phi) is 5.21. The van der Waals surface area contributed by atoms with Crippen molar-refractivity contribution in [1.29, 1.82) is 0 Å². The number of nitrogens with one attached hydrogen (secondary N) is 1. The number of aliphatic carboxylic acids is 1. The lowest BCUT2D eigenvalue weighted by molar-refractivity contribution is -0.139. The van der Waals surface area contributed by atoms with Gasteiger partial charge in [0.2, 0.25) is 0 Å². The number of fused-ring (bicyclic) bond motifs is 1. The smallest absolute Gasteiger partial charge is 0.320 e. The average Bonchev–Trinajstić information content (AvgIpc) is 3.03. The minimum absolute atomic E-state index is 0. The summed E-state index contributed by atoms with van der Waals surface area (Å²) < 4.78 is 8.58. The number of carbonyl (C=O) groups is 1. The topological polar surface area (TPSA) is 75.9 Å². The summed E-state index contributed by atoms with van der Waals surface area (Å²) in [5.74, 6) is -0.826. The van der Waals surface area contributed by atoms with Crippen molar-refractivity contribution in [2.75, 3.05) is 6.54 Å². The minimum Gasteiger partial charge on any atom is -0.480 e. The standard InChI is InChI=1S/C13H14BrN3O3.ClH/c14-10-2-1-3-17-6-8(16-12(10)17)7-20-9-4-11(13(18)19)15-5-9;/h1-3,6,9,11,15H,4-5,7H2,(H,18,19);1H/t9-,11+;/m1./s1. The number of nitrogens with zero attached hydrogens (tertiary/aromatic N) is 2. The van der Waals surface area contributed by atoms with E-state index in [0.29, 0.717) is 19.6 Å². The summed E-state index contributed by atoms with van der Waals surface area (Å²) in [4.78, 5) is 15.3. The third-order valence-corrected chi connectivity index (χ3v) is 3.96. The Bertz CT molecular complexity index is 649. The molecule has 3 heterocycles. The average molecular weight is 377 g/mol. The van der Waals surface area contributed by atoms with E-state index in [-0.39, 0.29) is 18.5 Å². The molecular weight excluding hydrogens is 362 g/mol. The summed E-state index contributed by atoms with van der Waals surface area (Å²) in [6, 6.07) is 3.36. The van der Waals surface area contributed by atoms with E-state index in [2.05, 4.69) is 26.2 Å². The van der Waals surface area contributed by atoms with E-state index >= 15 is 0 Å². The van der Waals surface area contributed by atoms with Gasteiger partial charge in [0.25, 0.3) is 0 Å². The van der Waals surface area contributed by atoms with E-state index in [1.165, 1.54) is 0 Å². The molecule has 1 aliphatic heterocycles. The lowest BCUT2D eigenvalue weighted by Gasteiger charge is -2.08. The number of hydrogen-bond acceptors (Lipinski definition) is 4. The molecule has 6 nitrogen and oxygen atoms in total. The van der Waals surface area contributed by atoms with Crippen LogP contribution >= 0.6 is 28.3 Å². The number of carboxylic acids is 1. The number of ether oxygens (including phenoxy) is 1. The first-order valence-electron chi connectivity index (χ1n) is 6.33. The Balaban J connectivity index is 0.00000161. The van der Waals surface area contributed by atoms with Crippen molar-refractivity contribution in [2.45, 2.75) is 25.2 Å². The van der Waals surface area contributed by atoms with Crippen molar-refractivity contribution in [1.82, 2.24) is 14.7 Å². The third-order valence-electron chi connectivity index (χ3n) is 3.34. The van der Waals surface area contributed by atoms with Crippen LogP contribution in [0.3, 0.4) is 0 Å². The summed E-state index contributed by atoms with van der Waals surface area (Å²) in [5, 5.41) is 11.8. The first-order valence-corrected chi connectivity index (χ1v) is 7.12. The maximum atomic E-state index is 10.8. The lowest BCUT2D eigenvalue weighted by atomic mass is 10.2. The molecule has 2 aromatic heterocycles. The van der Waals surface area contributed by atoms with Crippen molar-refractivity contribution < 1.29 is 14.6 Å². The van der Waals surface area contributed by atoms with E-state index < -0.39 is 12.0 Å². The maximum Gasteiger partial charge on any atom is 0.320 e. The van der Waals surface area contributed by atoms with Gasteiger partial charge >= 0.3 is 5.97 Å². The molecule has 1 saturated heterocycles. The molecule has 0 spiro atoms. The first-order chi connectivity index (χ1) is 9.63. The number of hydrogen-bond donors (Lipinski definition) is 2. The molecule has 114 valence electrons. The number of imidazole rings is 1. The fourth-order valence-corrected chi connectivity index (χ4v) is 2.77. The van der Waals surface area contributed by atoms with Gasteiger partial charge in [-0.2, -0.15) is 0 Å². The van der Waals surface area contributed by atoms with Crippen molar-refractivity contribution in [2.24, 2.45) is 0 Å².